The third kappa shape index (κ3) is 4.03. The first-order chi connectivity index (χ1) is 13.8. The maximum Gasteiger partial charge on any atom is 0.416 e. The van der Waals surface area contributed by atoms with Gasteiger partial charge in [-0.1, -0.05) is 6.58 Å². The number of thiazole rings is 1. The molecule has 0 radical (unpaired) electrons. The summed E-state index contributed by atoms with van der Waals surface area (Å²) in [6, 6.07) is 5.12. The van der Waals surface area contributed by atoms with Gasteiger partial charge in [-0.2, -0.15) is 18.3 Å². The van der Waals surface area contributed by atoms with Gasteiger partial charge in [-0.05, 0) is 30.3 Å². The van der Waals surface area contributed by atoms with Crippen molar-refractivity contribution < 1.29 is 22.7 Å². The normalized spacial score (nSPS) is 19.8. The van der Waals surface area contributed by atoms with Gasteiger partial charge in [0, 0.05) is 25.5 Å². The Kier molecular flexibility index (Phi) is 5.13. The number of alkyl halides is 3. The number of amides is 1. The highest BCUT2D eigenvalue weighted by atomic mass is 32.1. The van der Waals surface area contributed by atoms with Gasteiger partial charge in [0.15, 0.2) is 0 Å². The maximum atomic E-state index is 12.9. The molecule has 152 valence electrons. The highest BCUT2D eigenvalue weighted by Crippen LogP contribution is 2.34. The molecular formula is C19H17F3N4O2S. The Labute approximate surface area is 168 Å². The first kappa shape index (κ1) is 19.6. The van der Waals surface area contributed by atoms with Crippen LogP contribution in [0.25, 0.3) is 10.2 Å². The van der Waals surface area contributed by atoms with Crippen LogP contribution in [-0.2, 0) is 22.3 Å². The van der Waals surface area contributed by atoms with Gasteiger partial charge in [0.05, 0.1) is 34.5 Å². The molecule has 3 heterocycles. The van der Waals surface area contributed by atoms with E-state index >= 15 is 0 Å². The first-order valence-electron chi connectivity index (χ1n) is 8.84. The Morgan fingerprint density at radius 3 is 2.90 bits per heavy atom. The van der Waals surface area contributed by atoms with Crippen molar-refractivity contribution in [2.45, 2.75) is 24.9 Å². The molecule has 29 heavy (non-hydrogen) atoms. The fourth-order valence-corrected chi connectivity index (χ4v) is 4.28. The highest BCUT2D eigenvalue weighted by molar-refractivity contribution is 7.18. The van der Waals surface area contributed by atoms with Crippen molar-refractivity contribution in [1.29, 1.82) is 0 Å². The lowest BCUT2D eigenvalue weighted by molar-refractivity contribution is -0.137. The van der Waals surface area contributed by atoms with Crippen molar-refractivity contribution in [3.8, 4) is 0 Å². The van der Waals surface area contributed by atoms with Crippen LogP contribution in [0.15, 0.2) is 49.3 Å². The molecule has 1 aromatic carbocycles. The molecule has 0 spiro atoms. The number of hydrogen-bond donors (Lipinski definition) is 0. The molecule has 1 saturated heterocycles. The second kappa shape index (κ2) is 7.60. The number of aromatic nitrogens is 3. The smallest absolute Gasteiger partial charge is 0.367 e. The lowest BCUT2D eigenvalue weighted by Crippen LogP contribution is -2.28. The summed E-state index contributed by atoms with van der Waals surface area (Å²) in [6.07, 6.45) is 0.00199. The molecule has 2 atom stereocenters. The SMILES string of the molecule is C=CC(=O)N1C[C@@H](n2cccn2)[C@H](OCc2nc3ccc(C(F)(F)F)cc3s2)C1. The summed E-state index contributed by atoms with van der Waals surface area (Å²) in [5.41, 5.74) is -0.200. The molecule has 4 rings (SSSR count). The number of carbonyl (C=O) groups excluding carboxylic acids is 1. The predicted octanol–water partition coefficient (Wildman–Crippen LogP) is 3.67. The average molecular weight is 422 g/mol. The molecule has 0 saturated carbocycles. The number of nitrogens with zero attached hydrogens (tertiary/aromatic N) is 4. The number of ether oxygens (including phenoxy) is 1. The lowest BCUT2D eigenvalue weighted by atomic mass is 10.2. The number of hydrogen-bond acceptors (Lipinski definition) is 5. The Hall–Kier alpha value is -2.72. The molecule has 3 aromatic rings. The van der Waals surface area contributed by atoms with Crippen LogP contribution in [0, 0.1) is 0 Å². The largest absolute Gasteiger partial charge is 0.416 e. The number of carbonyl (C=O) groups is 1. The summed E-state index contributed by atoms with van der Waals surface area (Å²) in [5, 5.41) is 4.82. The van der Waals surface area contributed by atoms with Crippen molar-refractivity contribution in [3.63, 3.8) is 0 Å². The van der Waals surface area contributed by atoms with Gasteiger partial charge in [-0.25, -0.2) is 4.98 Å². The van der Waals surface area contributed by atoms with Crippen molar-refractivity contribution in [2.75, 3.05) is 13.1 Å². The van der Waals surface area contributed by atoms with E-state index in [1.165, 1.54) is 23.5 Å². The predicted molar refractivity (Wildman–Crippen MR) is 101 cm³/mol. The number of fused-ring (bicyclic) bond motifs is 1. The zero-order chi connectivity index (χ0) is 20.6. The van der Waals surface area contributed by atoms with E-state index < -0.39 is 11.7 Å². The van der Waals surface area contributed by atoms with Gasteiger partial charge in [-0.15, -0.1) is 11.3 Å². The number of halogens is 3. The quantitative estimate of drug-likeness (QED) is 0.589. The standard InChI is InChI=1S/C19H17F3N4O2S/c1-2-18(27)25-9-14(26-7-3-6-23-26)15(10-25)28-11-17-24-13-5-4-12(19(20,21)22)8-16(13)29-17/h2-8,14-15H,1,9-11H2/t14-,15-/m1/s1. The van der Waals surface area contributed by atoms with Gasteiger partial charge in [0.25, 0.3) is 0 Å². The molecule has 0 bridgehead atoms. The summed E-state index contributed by atoms with van der Waals surface area (Å²) in [5.74, 6) is -0.187. The fourth-order valence-electron chi connectivity index (χ4n) is 3.35. The van der Waals surface area contributed by atoms with E-state index in [9.17, 15) is 18.0 Å². The number of rotatable bonds is 5. The molecule has 1 fully saturated rings. The molecule has 2 aromatic heterocycles. The second-order valence-corrected chi connectivity index (χ2v) is 7.75. The molecule has 10 heteroatoms. The Morgan fingerprint density at radius 1 is 1.38 bits per heavy atom. The number of benzene rings is 1. The van der Waals surface area contributed by atoms with Crippen LogP contribution in [0.4, 0.5) is 13.2 Å². The van der Waals surface area contributed by atoms with Crippen LogP contribution in [0.1, 0.15) is 16.6 Å². The average Bonchev–Trinajstić information content (AvgIpc) is 3.42. The fraction of sp³-hybridized carbons (Fsp3) is 0.316. The van der Waals surface area contributed by atoms with Crippen LogP contribution in [0.5, 0.6) is 0 Å². The maximum absolute atomic E-state index is 12.9. The van der Waals surface area contributed by atoms with E-state index in [1.54, 1.807) is 28.0 Å². The van der Waals surface area contributed by atoms with E-state index in [0.717, 1.165) is 12.1 Å². The first-order valence-corrected chi connectivity index (χ1v) is 9.65. The van der Waals surface area contributed by atoms with Crippen molar-refractivity contribution in [3.05, 3.63) is 59.9 Å². The monoisotopic (exact) mass is 422 g/mol. The summed E-state index contributed by atoms with van der Waals surface area (Å²) in [4.78, 5) is 18.0. The summed E-state index contributed by atoms with van der Waals surface area (Å²) in [7, 11) is 0. The minimum Gasteiger partial charge on any atom is -0.367 e. The van der Waals surface area contributed by atoms with Gasteiger partial charge in [0.1, 0.15) is 5.01 Å². The molecular weight excluding hydrogens is 405 g/mol. The third-order valence-corrected chi connectivity index (χ3v) is 5.76. The van der Waals surface area contributed by atoms with Crippen LogP contribution in [-0.4, -0.2) is 44.8 Å². The Bertz CT molecular complexity index is 1030. The zero-order valence-corrected chi connectivity index (χ0v) is 16.0. The van der Waals surface area contributed by atoms with Gasteiger partial charge >= 0.3 is 6.18 Å². The minimum atomic E-state index is -4.39. The van der Waals surface area contributed by atoms with Crippen LogP contribution >= 0.6 is 11.3 Å². The molecule has 1 amide bonds. The molecule has 1 aliphatic heterocycles. The number of likely N-dealkylation sites (tertiary alicyclic amines) is 1. The molecule has 0 N–H and O–H groups in total. The van der Waals surface area contributed by atoms with E-state index in [-0.39, 0.29) is 24.7 Å². The third-order valence-electron chi connectivity index (χ3n) is 4.77. The zero-order valence-electron chi connectivity index (χ0n) is 15.2. The van der Waals surface area contributed by atoms with E-state index in [1.807, 2.05) is 0 Å². The highest BCUT2D eigenvalue weighted by Gasteiger charge is 2.37. The Balaban J connectivity index is 1.50. The van der Waals surface area contributed by atoms with Gasteiger partial charge in [-0.3, -0.25) is 9.48 Å². The summed E-state index contributed by atoms with van der Waals surface area (Å²) < 4.78 is 46.9. The van der Waals surface area contributed by atoms with E-state index in [4.69, 9.17) is 4.74 Å². The molecule has 6 nitrogen and oxygen atoms in total. The van der Waals surface area contributed by atoms with Crippen LogP contribution in [0.3, 0.4) is 0 Å². The summed E-state index contributed by atoms with van der Waals surface area (Å²) >= 11 is 1.17. The molecule has 0 unspecified atom stereocenters. The van der Waals surface area contributed by atoms with Crippen molar-refractivity contribution in [1.82, 2.24) is 19.7 Å². The molecule has 0 aliphatic carbocycles. The minimum absolute atomic E-state index is 0.138. The lowest BCUT2D eigenvalue weighted by Gasteiger charge is -2.18. The van der Waals surface area contributed by atoms with Crippen LogP contribution in [0.2, 0.25) is 0 Å². The van der Waals surface area contributed by atoms with Gasteiger partial charge in [0.2, 0.25) is 5.91 Å². The van der Waals surface area contributed by atoms with Gasteiger partial charge < -0.3 is 9.64 Å². The summed E-state index contributed by atoms with van der Waals surface area (Å²) in [6.45, 7) is 4.47. The van der Waals surface area contributed by atoms with Crippen LogP contribution < -0.4 is 0 Å². The second-order valence-electron chi connectivity index (χ2n) is 6.64. The van der Waals surface area contributed by atoms with E-state index in [2.05, 4.69) is 16.7 Å². The Morgan fingerprint density at radius 2 is 2.21 bits per heavy atom. The van der Waals surface area contributed by atoms with Crippen molar-refractivity contribution in [2.24, 2.45) is 0 Å². The molecule has 1 aliphatic rings. The van der Waals surface area contributed by atoms with E-state index in [0.29, 0.717) is 28.3 Å². The van der Waals surface area contributed by atoms with Crippen molar-refractivity contribution >= 4 is 27.5 Å². The topological polar surface area (TPSA) is 60.2 Å².